The van der Waals surface area contributed by atoms with Crippen molar-refractivity contribution in [3.8, 4) is 44.1 Å². The number of piperidine rings is 3. The van der Waals surface area contributed by atoms with Gasteiger partial charge >= 0.3 is 0 Å². The van der Waals surface area contributed by atoms with Crippen molar-refractivity contribution in [2.45, 2.75) is 191 Å². The maximum atomic E-state index is 13.1. The van der Waals surface area contributed by atoms with E-state index >= 15 is 0 Å². The summed E-state index contributed by atoms with van der Waals surface area (Å²) in [5.41, 5.74) is 7.71. The Hall–Kier alpha value is -9.50. The summed E-state index contributed by atoms with van der Waals surface area (Å²) in [6.07, 6.45) is 17.8. The Morgan fingerprint density at radius 3 is 1.42 bits per heavy atom. The number of rotatable bonds is 27. The van der Waals surface area contributed by atoms with Crippen molar-refractivity contribution in [1.29, 1.82) is 0 Å². The molecule has 2 unspecified atom stereocenters. The molecule has 6 aromatic carbocycles. The zero-order valence-corrected chi connectivity index (χ0v) is 65.6. The summed E-state index contributed by atoms with van der Waals surface area (Å²) in [7, 11) is 8.19. The lowest BCUT2D eigenvalue weighted by atomic mass is 9.91. The molecule has 3 saturated carbocycles. The van der Waals surface area contributed by atoms with E-state index in [9.17, 15) is 38.4 Å². The van der Waals surface area contributed by atoms with Crippen LogP contribution in [-0.4, -0.2) is 195 Å². The number of thiazole rings is 2. The van der Waals surface area contributed by atoms with E-state index in [1.54, 1.807) is 59.1 Å². The van der Waals surface area contributed by atoms with E-state index in [1.807, 2.05) is 26.2 Å². The van der Waals surface area contributed by atoms with Gasteiger partial charge in [-0.3, -0.25) is 53.5 Å². The standard InChI is InChI=1S/C43H48N4O7S.C24H29N3O2S.C19H22N2O5.CH4/c1-45(2)28-8-6-27(7-9-28)41-44-37-14-12-32(26-40(37)55-41)54-34-23-33(24-34)53-30-16-19-46(20-17-30)18-4-3-5-21-52-31-11-13-35-36(25-31)43(51)47(42(35)50)38-15-10-29(48)22-39(38)49;1-27(2)17-5-3-16(4-6-17)24-26-22-8-7-19(15-23(22)30-24)29-21-13-20(14-21)28-18-9-11-25-12-10-18;1-2-3-4-5-10-26-12-6-7-13-14(11-12)19(25)21(18(13)24)15-8-9-16(22)20-17(15)23;/h6-9,11-14,25-26,30,33-34,38H,3-5,10,15-24H2,1-2H3;3-8,15,18,20-21,25H,9-14H2,1-2H3;6-7,11,15H,2-5,8-10H2,1H3,(H,20,22,23);1H4. The third kappa shape index (κ3) is 19.4. The molecule has 5 aliphatic heterocycles. The van der Waals surface area contributed by atoms with Gasteiger partial charge in [-0.2, -0.15) is 0 Å². The Bertz CT molecular complexity index is 4690. The monoisotopic (exact) mass is 1560 g/mol. The molecule has 3 saturated heterocycles. The molecular formula is C87H103N9O14S2. The first-order valence-electron chi connectivity index (χ1n) is 39.5. The number of nitrogens with one attached hydrogen (secondary N) is 2. The van der Waals surface area contributed by atoms with Gasteiger partial charge in [0, 0.05) is 102 Å². The summed E-state index contributed by atoms with van der Waals surface area (Å²) in [4.78, 5) is 117. The van der Waals surface area contributed by atoms with Gasteiger partial charge < -0.3 is 48.4 Å². The molecule has 8 aliphatic rings. The highest BCUT2D eigenvalue weighted by Gasteiger charge is 2.47. The third-order valence-electron chi connectivity index (χ3n) is 22.0. The molecule has 0 radical (unpaired) electrons. The highest BCUT2D eigenvalue weighted by molar-refractivity contribution is 7.22. The summed E-state index contributed by atoms with van der Waals surface area (Å²) < 4.78 is 39.1. The predicted octanol–water partition coefficient (Wildman–Crippen LogP) is 14.3. The Kier molecular flexibility index (Phi) is 26.6. The number of nitrogens with zero attached hydrogens (tertiary/aromatic N) is 7. The Labute approximate surface area is 663 Å². The Morgan fingerprint density at radius 2 is 0.938 bits per heavy atom. The lowest BCUT2D eigenvalue weighted by molar-refractivity contribution is -0.136. The molecular weight excluding hydrogens is 1460 g/mol. The average molecular weight is 1560 g/mol. The van der Waals surface area contributed by atoms with E-state index in [-0.39, 0.29) is 97.6 Å². The average Bonchev–Trinajstić information content (AvgIpc) is 1.61. The molecule has 0 bridgehead atoms. The molecule has 3 aliphatic carbocycles. The second-order valence-electron chi connectivity index (χ2n) is 30.5. The lowest BCUT2D eigenvalue weighted by Crippen LogP contribution is -2.54. The molecule has 112 heavy (non-hydrogen) atoms. The quantitative estimate of drug-likeness (QED) is 0.0275. The number of hydrogen-bond donors (Lipinski definition) is 2. The van der Waals surface area contributed by atoms with Gasteiger partial charge in [-0.25, -0.2) is 9.97 Å². The number of likely N-dealkylation sites (tertiary alicyclic amines) is 1. The topological polar surface area (TPSA) is 258 Å². The minimum atomic E-state index is -0.946. The molecule has 16 rings (SSSR count). The van der Waals surface area contributed by atoms with Gasteiger partial charge in [0.2, 0.25) is 11.8 Å². The van der Waals surface area contributed by atoms with Crippen LogP contribution in [0.5, 0.6) is 23.0 Å². The highest BCUT2D eigenvalue weighted by atomic mass is 32.1. The fraction of sp³-hybridized carbons (Fsp3) is 0.471. The van der Waals surface area contributed by atoms with Crippen molar-refractivity contribution >= 4 is 101 Å². The van der Waals surface area contributed by atoms with Crippen LogP contribution in [0.2, 0.25) is 0 Å². The van der Waals surface area contributed by atoms with Gasteiger partial charge in [-0.1, -0.05) is 33.6 Å². The minimum absolute atomic E-state index is 0. The van der Waals surface area contributed by atoms with Crippen LogP contribution < -0.4 is 39.4 Å². The van der Waals surface area contributed by atoms with Gasteiger partial charge in [-0.15, -0.1) is 22.7 Å². The zero-order chi connectivity index (χ0) is 77.2. The maximum absolute atomic E-state index is 13.1. The summed E-state index contributed by atoms with van der Waals surface area (Å²) in [6.45, 7) is 8.51. The number of imide groups is 3. The third-order valence-corrected chi connectivity index (χ3v) is 24.1. The number of amides is 6. The van der Waals surface area contributed by atoms with Gasteiger partial charge in [0.05, 0.1) is 92.8 Å². The largest absolute Gasteiger partial charge is 0.494 e. The highest BCUT2D eigenvalue weighted by Crippen LogP contribution is 2.40. The first-order valence-corrected chi connectivity index (χ1v) is 41.1. The lowest BCUT2D eigenvalue weighted by Gasteiger charge is -2.40. The number of carbonyl (C=O) groups is 8. The molecule has 0 spiro atoms. The first-order chi connectivity index (χ1) is 53.8. The normalized spacial score (nSPS) is 21.2. The number of anilines is 2. The van der Waals surface area contributed by atoms with Crippen LogP contribution in [0.15, 0.2) is 121 Å². The summed E-state index contributed by atoms with van der Waals surface area (Å²) in [6, 6.07) is 37.4. The molecule has 6 amide bonds. The van der Waals surface area contributed by atoms with Crippen molar-refractivity contribution < 1.29 is 66.8 Å². The van der Waals surface area contributed by atoms with Crippen LogP contribution in [0, 0.1) is 0 Å². The van der Waals surface area contributed by atoms with Crippen molar-refractivity contribution in [2.24, 2.45) is 0 Å². The fourth-order valence-corrected chi connectivity index (χ4v) is 17.4. The number of Topliss-reactive ketones (excluding diaryl/α,β-unsaturated/α-hetero) is 2. The molecule has 23 nitrogen and oxygen atoms in total. The van der Waals surface area contributed by atoms with E-state index in [4.69, 9.17) is 38.4 Å². The minimum Gasteiger partial charge on any atom is -0.494 e. The zero-order valence-electron chi connectivity index (χ0n) is 63.9. The van der Waals surface area contributed by atoms with Crippen LogP contribution in [0.1, 0.15) is 184 Å². The Morgan fingerprint density at radius 1 is 0.473 bits per heavy atom. The van der Waals surface area contributed by atoms with Crippen LogP contribution in [-0.2, 0) is 28.7 Å². The van der Waals surface area contributed by atoms with Crippen molar-refractivity contribution in [1.82, 2.24) is 35.3 Å². The fourth-order valence-electron chi connectivity index (χ4n) is 15.4. The second-order valence-corrected chi connectivity index (χ2v) is 32.6. The number of ether oxygens (including phenoxy) is 6. The number of ketones is 2. The molecule has 2 atom stereocenters. The number of unbranched alkanes of at least 4 members (excludes halogenated alkanes) is 5. The molecule has 8 aromatic rings. The molecule has 2 aromatic heterocycles. The predicted molar refractivity (Wildman–Crippen MR) is 435 cm³/mol. The van der Waals surface area contributed by atoms with Gasteiger partial charge in [0.25, 0.3) is 23.6 Å². The van der Waals surface area contributed by atoms with Crippen LogP contribution >= 0.6 is 22.7 Å². The number of hydrogen-bond acceptors (Lipinski definition) is 22. The summed E-state index contributed by atoms with van der Waals surface area (Å²) >= 11 is 3.42. The number of fused-ring (bicyclic) bond motifs is 4. The smallest absolute Gasteiger partial charge is 0.262 e. The van der Waals surface area contributed by atoms with Crippen LogP contribution in [0.4, 0.5) is 11.4 Å². The van der Waals surface area contributed by atoms with E-state index in [0.29, 0.717) is 43.0 Å². The summed E-state index contributed by atoms with van der Waals surface area (Å²) in [5.74, 6) is -0.596. The van der Waals surface area contributed by atoms with Gasteiger partial charge in [0.1, 0.15) is 57.0 Å². The van der Waals surface area contributed by atoms with E-state index in [2.05, 4.69) is 119 Å². The van der Waals surface area contributed by atoms with Gasteiger partial charge in [-0.05, 0) is 205 Å². The van der Waals surface area contributed by atoms with E-state index < -0.39 is 41.6 Å². The molecule has 7 heterocycles. The van der Waals surface area contributed by atoms with Crippen molar-refractivity contribution in [3.63, 3.8) is 0 Å². The molecule has 6 fully saturated rings. The van der Waals surface area contributed by atoms with Crippen LogP contribution in [0.3, 0.4) is 0 Å². The molecule has 25 heteroatoms. The van der Waals surface area contributed by atoms with Gasteiger partial charge in [0.15, 0.2) is 5.78 Å². The number of carbonyl (C=O) groups excluding carboxylic acids is 8. The van der Waals surface area contributed by atoms with Crippen LogP contribution in [0.25, 0.3) is 41.6 Å². The molecule has 2 N–H and O–H groups in total. The maximum Gasteiger partial charge on any atom is 0.262 e. The van der Waals surface area contributed by atoms with E-state index in [0.717, 1.165) is 187 Å². The van der Waals surface area contributed by atoms with Crippen molar-refractivity contribution in [3.05, 3.63) is 144 Å². The number of aromatic nitrogens is 2. The van der Waals surface area contributed by atoms with E-state index in [1.165, 1.54) is 16.1 Å². The number of benzene rings is 6. The first kappa shape index (κ1) is 80.5. The Balaban J connectivity index is 0.000000162. The van der Waals surface area contributed by atoms with Crippen molar-refractivity contribution in [2.75, 3.05) is 83.9 Å². The SMILES string of the molecule is C.CCCCCCOc1ccc2c(c1)C(=O)N(C1CCC(=O)NC1=O)C2=O.CN(C)c1ccc(-c2nc3ccc(OC4CC(OC5CCN(CCCCCOc6ccc7c(c6)C(=O)N(C6CCC(=O)CC6=O)C7=O)CC5)C4)cc3s2)cc1.CN(C)c1ccc(-c2nc3ccc(OC4CC(OC5CCNCC5)C4)cc3s2)cc1. The summed E-state index contributed by atoms with van der Waals surface area (Å²) in [5, 5.41) is 7.64. The molecule has 592 valence electrons. The second kappa shape index (κ2) is 37.0.